The quantitative estimate of drug-likeness (QED) is 0.842. The van der Waals surface area contributed by atoms with E-state index in [0.717, 1.165) is 12.8 Å². The third-order valence-electron chi connectivity index (χ3n) is 3.34. The number of nitrogens with zero attached hydrogens (tertiary/aromatic N) is 2. The number of hydrogen-bond acceptors (Lipinski definition) is 5. The molecule has 1 atom stereocenters. The summed E-state index contributed by atoms with van der Waals surface area (Å²) in [5.74, 6) is 0.119. The van der Waals surface area contributed by atoms with Gasteiger partial charge in [-0.1, -0.05) is 5.16 Å². The zero-order valence-electron chi connectivity index (χ0n) is 10.5. The lowest BCUT2D eigenvalue weighted by molar-refractivity contribution is 0.00768. The van der Waals surface area contributed by atoms with E-state index >= 15 is 0 Å². The smallest absolute Gasteiger partial charge is 0.261 e. The lowest BCUT2D eigenvalue weighted by Gasteiger charge is -2.17. The van der Waals surface area contributed by atoms with E-state index in [4.69, 9.17) is 15.0 Å². The van der Waals surface area contributed by atoms with Gasteiger partial charge in [0.1, 0.15) is 11.4 Å². The molecule has 5 nitrogen and oxygen atoms in total. The minimum atomic E-state index is -0.536. The van der Waals surface area contributed by atoms with Crippen LogP contribution in [-0.2, 0) is 10.3 Å². The van der Waals surface area contributed by atoms with Crippen LogP contribution in [0.5, 0.6) is 0 Å². The second-order valence-electron chi connectivity index (χ2n) is 4.85. The lowest BCUT2D eigenvalue weighted by atomic mass is 10.0. The molecule has 2 aromatic rings. The highest BCUT2D eigenvalue weighted by molar-refractivity contribution is 5.58. The van der Waals surface area contributed by atoms with Gasteiger partial charge < -0.3 is 15.0 Å². The van der Waals surface area contributed by atoms with Gasteiger partial charge in [-0.3, -0.25) is 0 Å². The van der Waals surface area contributed by atoms with Gasteiger partial charge in [0.05, 0.1) is 5.56 Å². The van der Waals surface area contributed by atoms with Crippen LogP contribution in [-0.4, -0.2) is 16.7 Å². The van der Waals surface area contributed by atoms with E-state index < -0.39 is 11.4 Å². The number of rotatable bonds is 2. The maximum atomic E-state index is 13.8. The largest absolute Gasteiger partial charge is 0.399 e. The van der Waals surface area contributed by atoms with Crippen molar-refractivity contribution in [2.45, 2.75) is 25.4 Å². The fourth-order valence-corrected chi connectivity index (χ4v) is 2.21. The molecule has 3 rings (SSSR count). The molecule has 0 amide bonds. The number of hydrogen-bond donors (Lipinski definition) is 1. The van der Waals surface area contributed by atoms with Crippen molar-refractivity contribution in [2.24, 2.45) is 0 Å². The molecule has 0 aliphatic carbocycles. The van der Waals surface area contributed by atoms with Crippen LogP contribution < -0.4 is 5.73 Å². The van der Waals surface area contributed by atoms with Crippen LogP contribution in [0.25, 0.3) is 11.5 Å². The summed E-state index contributed by atoms with van der Waals surface area (Å²) in [5, 5.41) is 3.90. The SMILES string of the molecule is CC1(c2noc(-c3ccc(N)cc3F)n2)CCCO1. The molecular weight excluding hydrogens is 249 g/mol. The van der Waals surface area contributed by atoms with E-state index in [-0.39, 0.29) is 11.5 Å². The van der Waals surface area contributed by atoms with Gasteiger partial charge in [-0.05, 0) is 38.0 Å². The highest BCUT2D eigenvalue weighted by Crippen LogP contribution is 2.35. The summed E-state index contributed by atoms with van der Waals surface area (Å²) in [6, 6.07) is 4.35. The van der Waals surface area contributed by atoms with Crippen molar-refractivity contribution in [1.29, 1.82) is 0 Å². The normalized spacial score (nSPS) is 22.8. The third-order valence-corrected chi connectivity index (χ3v) is 3.34. The van der Waals surface area contributed by atoms with Gasteiger partial charge in [-0.15, -0.1) is 0 Å². The van der Waals surface area contributed by atoms with E-state index in [1.807, 2.05) is 6.92 Å². The van der Waals surface area contributed by atoms with Crippen LogP contribution in [0.15, 0.2) is 22.7 Å². The summed E-state index contributed by atoms with van der Waals surface area (Å²) < 4.78 is 24.5. The molecule has 1 unspecified atom stereocenters. The highest BCUT2D eigenvalue weighted by Gasteiger charge is 2.36. The second-order valence-corrected chi connectivity index (χ2v) is 4.85. The van der Waals surface area contributed by atoms with Gasteiger partial charge in [0.2, 0.25) is 5.82 Å². The van der Waals surface area contributed by atoms with Gasteiger partial charge in [0, 0.05) is 12.3 Å². The summed E-state index contributed by atoms with van der Waals surface area (Å²) in [6.07, 6.45) is 1.78. The Morgan fingerprint density at radius 2 is 2.26 bits per heavy atom. The molecule has 1 aliphatic heterocycles. The van der Waals surface area contributed by atoms with Crippen molar-refractivity contribution in [3.63, 3.8) is 0 Å². The minimum Gasteiger partial charge on any atom is -0.399 e. The Hall–Kier alpha value is -1.95. The Labute approximate surface area is 109 Å². The molecule has 1 saturated heterocycles. The number of nitrogen functional groups attached to an aromatic ring is 1. The van der Waals surface area contributed by atoms with Gasteiger partial charge in [-0.25, -0.2) is 4.39 Å². The first-order valence-corrected chi connectivity index (χ1v) is 6.12. The lowest BCUT2D eigenvalue weighted by Crippen LogP contribution is -2.21. The first-order valence-electron chi connectivity index (χ1n) is 6.12. The number of ether oxygens (including phenoxy) is 1. The fourth-order valence-electron chi connectivity index (χ4n) is 2.21. The zero-order chi connectivity index (χ0) is 13.5. The monoisotopic (exact) mass is 263 g/mol. The average molecular weight is 263 g/mol. The number of nitrogens with two attached hydrogens (primary N) is 1. The van der Waals surface area contributed by atoms with Crippen LogP contribution in [0.3, 0.4) is 0 Å². The highest BCUT2D eigenvalue weighted by atomic mass is 19.1. The van der Waals surface area contributed by atoms with Crippen molar-refractivity contribution >= 4 is 5.69 Å². The maximum absolute atomic E-state index is 13.8. The van der Waals surface area contributed by atoms with Crippen molar-refractivity contribution in [3.05, 3.63) is 29.8 Å². The molecule has 100 valence electrons. The molecule has 1 aliphatic rings. The van der Waals surface area contributed by atoms with Crippen LogP contribution in [0, 0.1) is 5.82 Å². The van der Waals surface area contributed by atoms with E-state index in [0.29, 0.717) is 18.1 Å². The predicted molar refractivity (Wildman–Crippen MR) is 66.6 cm³/mol. The number of aromatic nitrogens is 2. The number of anilines is 1. The van der Waals surface area contributed by atoms with Crippen LogP contribution in [0.4, 0.5) is 10.1 Å². The molecule has 0 spiro atoms. The molecule has 6 heteroatoms. The summed E-state index contributed by atoms with van der Waals surface area (Å²) in [4.78, 5) is 4.24. The van der Waals surface area contributed by atoms with E-state index in [2.05, 4.69) is 10.1 Å². The van der Waals surface area contributed by atoms with Gasteiger partial charge in [0.25, 0.3) is 5.89 Å². The maximum Gasteiger partial charge on any atom is 0.261 e. The molecule has 2 heterocycles. The summed E-state index contributed by atoms with van der Waals surface area (Å²) >= 11 is 0. The van der Waals surface area contributed by atoms with Crippen molar-refractivity contribution in [2.75, 3.05) is 12.3 Å². The first kappa shape index (κ1) is 12.1. The van der Waals surface area contributed by atoms with Gasteiger partial charge in [-0.2, -0.15) is 4.98 Å². The molecule has 0 saturated carbocycles. The van der Waals surface area contributed by atoms with Gasteiger partial charge in [0.15, 0.2) is 0 Å². The van der Waals surface area contributed by atoms with Crippen LogP contribution in [0.1, 0.15) is 25.6 Å². The molecule has 1 aromatic heterocycles. The third kappa shape index (κ3) is 2.08. The Morgan fingerprint density at radius 3 is 2.95 bits per heavy atom. The van der Waals surface area contributed by atoms with E-state index in [9.17, 15) is 4.39 Å². The van der Waals surface area contributed by atoms with E-state index in [1.54, 1.807) is 6.07 Å². The molecular formula is C13H14FN3O2. The standard InChI is InChI=1S/C13H14FN3O2/c1-13(5-2-6-18-13)12-16-11(19-17-12)9-4-3-8(15)7-10(9)14/h3-4,7H,2,5-6,15H2,1H3. The van der Waals surface area contributed by atoms with E-state index in [1.165, 1.54) is 12.1 Å². The fraction of sp³-hybridized carbons (Fsp3) is 0.385. The molecule has 0 bridgehead atoms. The Bertz CT molecular complexity index is 606. The molecule has 2 N–H and O–H groups in total. The molecule has 1 aromatic carbocycles. The average Bonchev–Trinajstić information content (AvgIpc) is 2.99. The van der Waals surface area contributed by atoms with Crippen LogP contribution in [0.2, 0.25) is 0 Å². The Balaban J connectivity index is 1.97. The van der Waals surface area contributed by atoms with Crippen molar-refractivity contribution in [3.8, 4) is 11.5 Å². The first-order chi connectivity index (χ1) is 9.08. The van der Waals surface area contributed by atoms with Crippen LogP contribution >= 0.6 is 0 Å². The summed E-state index contributed by atoms with van der Waals surface area (Å²) in [6.45, 7) is 2.59. The Morgan fingerprint density at radius 1 is 1.42 bits per heavy atom. The zero-order valence-corrected chi connectivity index (χ0v) is 10.5. The Kier molecular flexibility index (Phi) is 2.74. The molecule has 0 radical (unpaired) electrons. The topological polar surface area (TPSA) is 74.2 Å². The summed E-state index contributed by atoms with van der Waals surface area (Å²) in [7, 11) is 0. The van der Waals surface area contributed by atoms with Crippen molar-refractivity contribution < 1.29 is 13.7 Å². The van der Waals surface area contributed by atoms with Gasteiger partial charge >= 0.3 is 0 Å². The summed E-state index contributed by atoms with van der Waals surface area (Å²) in [5.41, 5.74) is 5.57. The number of halogens is 1. The molecule has 19 heavy (non-hydrogen) atoms. The molecule has 1 fully saturated rings. The second kappa shape index (κ2) is 4.31. The van der Waals surface area contributed by atoms with Crippen molar-refractivity contribution in [1.82, 2.24) is 10.1 Å². The minimum absolute atomic E-state index is 0.143. The predicted octanol–water partition coefficient (Wildman–Crippen LogP) is 2.48. The number of benzene rings is 1.